The molecule has 0 saturated carbocycles. The van der Waals surface area contributed by atoms with Gasteiger partial charge in [0.15, 0.2) is 0 Å². The molecule has 2 aromatic rings. The fraction of sp³-hybridized carbons (Fsp3) is 0.444. The Hall–Kier alpha value is -1.94. The van der Waals surface area contributed by atoms with Crippen molar-refractivity contribution in [2.75, 3.05) is 19.0 Å². The summed E-state index contributed by atoms with van der Waals surface area (Å²) in [7, 11) is 3.94. The lowest BCUT2D eigenvalue weighted by molar-refractivity contribution is 0.489. The van der Waals surface area contributed by atoms with Gasteiger partial charge in [0, 0.05) is 32.4 Å². The molecule has 22 heavy (non-hydrogen) atoms. The zero-order valence-corrected chi connectivity index (χ0v) is 14.0. The Bertz CT molecular complexity index is 581. The van der Waals surface area contributed by atoms with Crippen molar-refractivity contribution < 1.29 is 0 Å². The van der Waals surface area contributed by atoms with E-state index in [1.54, 1.807) is 0 Å². The van der Waals surface area contributed by atoms with Gasteiger partial charge in [-0.3, -0.25) is 0 Å². The summed E-state index contributed by atoms with van der Waals surface area (Å²) in [6.07, 6.45) is 2.27. The van der Waals surface area contributed by atoms with E-state index in [0.717, 1.165) is 36.7 Å². The summed E-state index contributed by atoms with van der Waals surface area (Å²) in [4.78, 5) is 11.0. The molecule has 1 atom stereocenters. The summed E-state index contributed by atoms with van der Waals surface area (Å²) >= 11 is 0. The molecule has 0 radical (unpaired) electrons. The van der Waals surface area contributed by atoms with Crippen LogP contribution in [0.3, 0.4) is 0 Å². The van der Waals surface area contributed by atoms with Crippen LogP contribution in [-0.2, 0) is 6.54 Å². The summed E-state index contributed by atoms with van der Waals surface area (Å²) in [5.41, 5.74) is 3.37. The van der Waals surface area contributed by atoms with Crippen molar-refractivity contribution in [1.82, 2.24) is 15.3 Å². The van der Waals surface area contributed by atoms with E-state index in [4.69, 9.17) is 0 Å². The number of aromatic nitrogens is 2. The first-order chi connectivity index (χ1) is 10.6. The first-order valence-corrected chi connectivity index (χ1v) is 7.90. The molecule has 1 aromatic carbocycles. The molecular formula is C18H26N4. The second-order valence-electron chi connectivity index (χ2n) is 5.83. The highest BCUT2D eigenvalue weighted by atomic mass is 15.2. The first-order valence-electron chi connectivity index (χ1n) is 7.90. The van der Waals surface area contributed by atoms with Crippen molar-refractivity contribution in [3.8, 4) is 0 Å². The second kappa shape index (κ2) is 7.90. The van der Waals surface area contributed by atoms with Gasteiger partial charge in [0.25, 0.3) is 0 Å². The Morgan fingerprint density at radius 2 is 1.86 bits per heavy atom. The quantitative estimate of drug-likeness (QED) is 0.849. The highest BCUT2D eigenvalue weighted by Crippen LogP contribution is 2.19. The molecule has 2 rings (SSSR count). The minimum Gasteiger partial charge on any atom is -0.347 e. The SMILES string of the molecule is CCC[C@@H](NCc1cc(C)nc(N(C)C)n1)c1ccccc1. The van der Waals surface area contributed by atoms with Crippen LogP contribution in [-0.4, -0.2) is 24.1 Å². The molecule has 0 aliphatic heterocycles. The Kier molecular flexibility index (Phi) is 5.90. The Morgan fingerprint density at radius 1 is 1.14 bits per heavy atom. The molecule has 0 saturated heterocycles. The van der Waals surface area contributed by atoms with Gasteiger partial charge >= 0.3 is 0 Å². The van der Waals surface area contributed by atoms with Crippen LogP contribution in [0.25, 0.3) is 0 Å². The van der Waals surface area contributed by atoms with Crippen molar-refractivity contribution in [2.24, 2.45) is 0 Å². The van der Waals surface area contributed by atoms with E-state index in [2.05, 4.69) is 52.5 Å². The van der Waals surface area contributed by atoms with Gasteiger partial charge in [0.1, 0.15) is 0 Å². The molecule has 1 heterocycles. The molecule has 4 nitrogen and oxygen atoms in total. The first kappa shape index (κ1) is 16.4. The van der Waals surface area contributed by atoms with E-state index >= 15 is 0 Å². The topological polar surface area (TPSA) is 41.1 Å². The molecule has 1 aromatic heterocycles. The van der Waals surface area contributed by atoms with Crippen LogP contribution in [0.2, 0.25) is 0 Å². The highest BCUT2D eigenvalue weighted by Gasteiger charge is 2.11. The van der Waals surface area contributed by atoms with Gasteiger partial charge in [-0.05, 0) is 25.0 Å². The lowest BCUT2D eigenvalue weighted by Gasteiger charge is -2.19. The number of rotatable bonds is 7. The molecule has 0 spiro atoms. The fourth-order valence-electron chi connectivity index (χ4n) is 2.50. The van der Waals surface area contributed by atoms with Gasteiger partial charge in [-0.1, -0.05) is 43.7 Å². The predicted molar refractivity (Wildman–Crippen MR) is 92.0 cm³/mol. The number of nitrogens with one attached hydrogen (secondary N) is 1. The van der Waals surface area contributed by atoms with Crippen molar-refractivity contribution in [3.63, 3.8) is 0 Å². The Morgan fingerprint density at radius 3 is 2.50 bits per heavy atom. The maximum Gasteiger partial charge on any atom is 0.225 e. The number of benzene rings is 1. The van der Waals surface area contributed by atoms with Gasteiger partial charge in [0.05, 0.1) is 5.69 Å². The zero-order valence-electron chi connectivity index (χ0n) is 14.0. The Labute approximate surface area is 133 Å². The van der Waals surface area contributed by atoms with Crippen LogP contribution in [0.5, 0.6) is 0 Å². The molecule has 0 unspecified atom stereocenters. The van der Waals surface area contributed by atoms with Crippen molar-refractivity contribution >= 4 is 5.95 Å². The summed E-state index contributed by atoms with van der Waals surface area (Å²) in [6.45, 7) is 4.99. The molecular weight excluding hydrogens is 272 g/mol. The van der Waals surface area contributed by atoms with E-state index in [1.807, 2.05) is 32.0 Å². The van der Waals surface area contributed by atoms with Gasteiger partial charge in [-0.15, -0.1) is 0 Å². The lowest BCUT2D eigenvalue weighted by atomic mass is 10.0. The molecule has 0 amide bonds. The second-order valence-corrected chi connectivity index (χ2v) is 5.83. The standard InChI is InChI=1S/C18H26N4/c1-5-9-17(15-10-7-6-8-11-15)19-13-16-12-14(2)20-18(21-16)22(3)4/h6-8,10-12,17,19H,5,9,13H2,1-4H3/t17-/m1/s1. The van der Waals surface area contributed by atoms with E-state index < -0.39 is 0 Å². The average Bonchev–Trinajstić information content (AvgIpc) is 2.51. The molecule has 1 N–H and O–H groups in total. The van der Waals surface area contributed by atoms with Crippen LogP contribution in [0.4, 0.5) is 5.95 Å². The number of hydrogen-bond donors (Lipinski definition) is 1. The average molecular weight is 298 g/mol. The van der Waals surface area contributed by atoms with Crippen molar-refractivity contribution in [2.45, 2.75) is 39.3 Å². The van der Waals surface area contributed by atoms with Crippen LogP contribution in [0.1, 0.15) is 42.8 Å². The normalized spacial score (nSPS) is 12.2. The fourth-order valence-corrected chi connectivity index (χ4v) is 2.50. The van der Waals surface area contributed by atoms with Gasteiger partial charge in [-0.25, -0.2) is 9.97 Å². The van der Waals surface area contributed by atoms with Gasteiger partial charge < -0.3 is 10.2 Å². The van der Waals surface area contributed by atoms with Gasteiger partial charge in [-0.2, -0.15) is 0 Å². The smallest absolute Gasteiger partial charge is 0.225 e. The van der Waals surface area contributed by atoms with E-state index in [0.29, 0.717) is 6.04 Å². The monoisotopic (exact) mass is 298 g/mol. The third kappa shape index (κ3) is 4.53. The van der Waals surface area contributed by atoms with Crippen LogP contribution < -0.4 is 10.2 Å². The summed E-state index contributed by atoms with van der Waals surface area (Å²) < 4.78 is 0. The van der Waals surface area contributed by atoms with Crippen LogP contribution in [0.15, 0.2) is 36.4 Å². The minimum atomic E-state index is 0.365. The maximum absolute atomic E-state index is 4.61. The zero-order chi connectivity index (χ0) is 15.9. The predicted octanol–water partition coefficient (Wildman–Crippen LogP) is 3.48. The van der Waals surface area contributed by atoms with Gasteiger partial charge in [0.2, 0.25) is 5.95 Å². The van der Waals surface area contributed by atoms with Crippen molar-refractivity contribution in [1.29, 1.82) is 0 Å². The largest absolute Gasteiger partial charge is 0.347 e. The van der Waals surface area contributed by atoms with Crippen molar-refractivity contribution in [3.05, 3.63) is 53.3 Å². The molecule has 0 aliphatic carbocycles. The molecule has 0 bridgehead atoms. The summed E-state index contributed by atoms with van der Waals surface area (Å²) in [6, 6.07) is 13.0. The van der Waals surface area contributed by atoms with E-state index in [-0.39, 0.29) is 0 Å². The molecule has 4 heteroatoms. The third-order valence-corrected chi connectivity index (χ3v) is 3.60. The summed E-state index contributed by atoms with van der Waals surface area (Å²) in [5, 5.41) is 3.64. The van der Waals surface area contributed by atoms with Crippen LogP contribution >= 0.6 is 0 Å². The number of nitrogens with zero attached hydrogens (tertiary/aromatic N) is 3. The number of hydrogen-bond acceptors (Lipinski definition) is 4. The molecule has 0 aliphatic rings. The maximum atomic E-state index is 4.61. The molecule has 118 valence electrons. The van der Waals surface area contributed by atoms with Crippen LogP contribution in [0, 0.1) is 6.92 Å². The highest BCUT2D eigenvalue weighted by molar-refractivity contribution is 5.30. The lowest BCUT2D eigenvalue weighted by Crippen LogP contribution is -2.22. The third-order valence-electron chi connectivity index (χ3n) is 3.60. The van der Waals surface area contributed by atoms with E-state index in [9.17, 15) is 0 Å². The number of aryl methyl sites for hydroxylation is 1. The number of anilines is 1. The van der Waals surface area contributed by atoms with E-state index in [1.165, 1.54) is 5.56 Å². The minimum absolute atomic E-state index is 0.365. The summed E-state index contributed by atoms with van der Waals surface area (Å²) in [5.74, 6) is 0.767. The molecule has 0 fully saturated rings. The Balaban J connectivity index is 2.09.